The molecule has 0 fully saturated rings. The number of anilines is 1. The molecule has 0 aliphatic carbocycles. The molecule has 2 aromatic rings. The van der Waals surface area contributed by atoms with E-state index < -0.39 is 0 Å². The summed E-state index contributed by atoms with van der Waals surface area (Å²) >= 11 is 0. The van der Waals surface area contributed by atoms with Gasteiger partial charge in [-0.1, -0.05) is 6.92 Å². The lowest BCUT2D eigenvalue weighted by Gasteiger charge is -2.09. The molecular weight excluding hydrogens is 218 g/mol. The maximum Gasteiger partial charge on any atom is 0.242 e. The van der Waals surface area contributed by atoms with Gasteiger partial charge in [-0.15, -0.1) is 0 Å². The summed E-state index contributed by atoms with van der Waals surface area (Å²) in [7, 11) is 0. The van der Waals surface area contributed by atoms with E-state index in [-0.39, 0.29) is 0 Å². The van der Waals surface area contributed by atoms with Crippen molar-refractivity contribution in [3.63, 3.8) is 0 Å². The molecule has 0 bridgehead atoms. The molecule has 6 heteroatoms. The number of nitrogens with two attached hydrogens (primary N) is 1. The van der Waals surface area contributed by atoms with Gasteiger partial charge in [-0.25, -0.2) is 9.67 Å². The number of hydrogen-bond acceptors (Lipinski definition) is 5. The summed E-state index contributed by atoms with van der Waals surface area (Å²) in [5.74, 6) is 0.948. The molecule has 0 saturated heterocycles. The van der Waals surface area contributed by atoms with Crippen LogP contribution in [0.3, 0.4) is 0 Å². The third-order valence-corrected chi connectivity index (χ3v) is 2.21. The van der Waals surface area contributed by atoms with Crippen LogP contribution in [0.25, 0.3) is 5.82 Å². The maximum absolute atomic E-state index is 5.95. The van der Waals surface area contributed by atoms with Crippen molar-refractivity contribution < 1.29 is 4.74 Å². The summed E-state index contributed by atoms with van der Waals surface area (Å²) in [5.41, 5.74) is 7.26. The number of aromatic nitrogens is 4. The predicted octanol–water partition coefficient (Wildman–Crippen LogP) is 1.34. The highest BCUT2D eigenvalue weighted by Crippen LogP contribution is 2.23. The molecule has 0 spiro atoms. The van der Waals surface area contributed by atoms with Gasteiger partial charge in [0.15, 0.2) is 5.82 Å². The van der Waals surface area contributed by atoms with Crippen LogP contribution in [0.5, 0.6) is 5.88 Å². The van der Waals surface area contributed by atoms with Crippen molar-refractivity contribution in [1.29, 1.82) is 0 Å². The quantitative estimate of drug-likeness (QED) is 0.862. The highest BCUT2D eigenvalue weighted by molar-refractivity contribution is 5.59. The van der Waals surface area contributed by atoms with Gasteiger partial charge in [-0.3, -0.25) is 0 Å². The fourth-order valence-corrected chi connectivity index (χ4v) is 1.40. The monoisotopic (exact) mass is 233 g/mol. The first-order chi connectivity index (χ1) is 8.22. The third-order valence-electron chi connectivity index (χ3n) is 2.21. The predicted molar refractivity (Wildman–Crippen MR) is 64.1 cm³/mol. The highest BCUT2D eigenvalue weighted by atomic mass is 16.5. The number of hydrogen-bond donors (Lipinski definition) is 1. The highest BCUT2D eigenvalue weighted by Gasteiger charge is 2.11. The average Bonchev–Trinajstić information content (AvgIpc) is 2.74. The summed E-state index contributed by atoms with van der Waals surface area (Å²) in [6.45, 7) is 4.51. The van der Waals surface area contributed by atoms with Crippen molar-refractivity contribution in [3.05, 3.63) is 24.3 Å². The zero-order valence-corrected chi connectivity index (χ0v) is 9.92. The number of nitrogen functional groups attached to an aromatic ring is 1. The Labute approximate surface area is 99.4 Å². The van der Waals surface area contributed by atoms with Gasteiger partial charge in [0.25, 0.3) is 0 Å². The van der Waals surface area contributed by atoms with Crippen LogP contribution in [0.4, 0.5) is 5.69 Å². The summed E-state index contributed by atoms with van der Waals surface area (Å²) in [6.07, 6.45) is 4.13. The van der Waals surface area contributed by atoms with Crippen molar-refractivity contribution >= 4 is 5.69 Å². The molecule has 0 aromatic carbocycles. The first kappa shape index (κ1) is 11.4. The van der Waals surface area contributed by atoms with Gasteiger partial charge in [0.1, 0.15) is 12.0 Å². The second kappa shape index (κ2) is 4.82. The number of nitrogens with zero attached hydrogens (tertiary/aromatic N) is 4. The SMILES string of the molecule is CCCOc1ncnc(-n2ccc(C)n2)c1N. The Bertz CT molecular complexity index is 508. The van der Waals surface area contributed by atoms with Crippen LogP contribution in [-0.4, -0.2) is 26.4 Å². The molecule has 0 atom stereocenters. The van der Waals surface area contributed by atoms with E-state index in [9.17, 15) is 0 Å². The third kappa shape index (κ3) is 2.35. The van der Waals surface area contributed by atoms with Crippen LogP contribution < -0.4 is 10.5 Å². The van der Waals surface area contributed by atoms with E-state index >= 15 is 0 Å². The van der Waals surface area contributed by atoms with Crippen LogP contribution >= 0.6 is 0 Å². The van der Waals surface area contributed by atoms with Crippen molar-refractivity contribution in [1.82, 2.24) is 19.7 Å². The van der Waals surface area contributed by atoms with E-state index in [1.165, 1.54) is 6.33 Å². The van der Waals surface area contributed by atoms with Crippen LogP contribution in [-0.2, 0) is 0 Å². The van der Waals surface area contributed by atoms with Crippen LogP contribution in [0, 0.1) is 6.92 Å². The molecule has 2 rings (SSSR count). The standard InChI is InChI=1S/C11H15N5O/c1-3-6-17-11-9(12)10(13-7-14-11)16-5-4-8(2)15-16/h4-5,7H,3,6,12H2,1-2H3. The van der Waals surface area contributed by atoms with Gasteiger partial charge in [-0.2, -0.15) is 10.1 Å². The first-order valence-electron chi connectivity index (χ1n) is 5.48. The molecule has 2 heterocycles. The Kier molecular flexibility index (Phi) is 3.22. The zero-order chi connectivity index (χ0) is 12.3. The molecule has 2 aromatic heterocycles. The fourth-order valence-electron chi connectivity index (χ4n) is 1.40. The summed E-state index contributed by atoms with van der Waals surface area (Å²) in [6, 6.07) is 1.88. The topological polar surface area (TPSA) is 78.9 Å². The van der Waals surface area contributed by atoms with Crippen molar-refractivity contribution in [2.45, 2.75) is 20.3 Å². The lowest BCUT2D eigenvalue weighted by atomic mass is 10.4. The fraction of sp³-hybridized carbons (Fsp3) is 0.364. The summed E-state index contributed by atoms with van der Waals surface area (Å²) in [4.78, 5) is 8.12. The maximum atomic E-state index is 5.95. The zero-order valence-electron chi connectivity index (χ0n) is 9.92. The Hall–Kier alpha value is -2.11. The molecule has 0 unspecified atom stereocenters. The molecule has 0 amide bonds. The number of ether oxygens (including phenoxy) is 1. The van der Waals surface area contributed by atoms with Crippen LogP contribution in [0.2, 0.25) is 0 Å². The molecule has 0 radical (unpaired) electrons. The Morgan fingerprint density at radius 1 is 1.41 bits per heavy atom. The molecule has 90 valence electrons. The van der Waals surface area contributed by atoms with Gasteiger partial charge in [0, 0.05) is 6.20 Å². The molecule has 2 N–H and O–H groups in total. The van der Waals surface area contributed by atoms with Crippen LogP contribution in [0.1, 0.15) is 19.0 Å². The second-order valence-corrected chi connectivity index (χ2v) is 3.67. The Morgan fingerprint density at radius 3 is 2.88 bits per heavy atom. The molecule has 17 heavy (non-hydrogen) atoms. The van der Waals surface area contributed by atoms with E-state index in [0.717, 1.165) is 12.1 Å². The van der Waals surface area contributed by atoms with Crippen molar-refractivity contribution in [3.8, 4) is 11.7 Å². The summed E-state index contributed by atoms with van der Waals surface area (Å²) < 4.78 is 7.05. The lowest BCUT2D eigenvalue weighted by Crippen LogP contribution is -2.08. The molecule has 6 nitrogen and oxygen atoms in total. The van der Waals surface area contributed by atoms with Gasteiger partial charge < -0.3 is 10.5 Å². The van der Waals surface area contributed by atoms with Gasteiger partial charge in [0.05, 0.1) is 12.3 Å². The minimum Gasteiger partial charge on any atom is -0.476 e. The van der Waals surface area contributed by atoms with E-state index in [1.807, 2.05) is 19.9 Å². The Morgan fingerprint density at radius 2 is 2.24 bits per heavy atom. The lowest BCUT2D eigenvalue weighted by molar-refractivity contribution is 0.306. The molecule has 0 aliphatic heterocycles. The Balaban J connectivity index is 2.35. The number of aryl methyl sites for hydroxylation is 1. The normalized spacial score (nSPS) is 10.5. The van der Waals surface area contributed by atoms with Gasteiger partial charge >= 0.3 is 0 Å². The minimum atomic E-state index is 0.407. The number of rotatable bonds is 4. The smallest absolute Gasteiger partial charge is 0.242 e. The molecule has 0 saturated carbocycles. The van der Waals surface area contributed by atoms with Crippen molar-refractivity contribution in [2.75, 3.05) is 12.3 Å². The largest absolute Gasteiger partial charge is 0.476 e. The second-order valence-electron chi connectivity index (χ2n) is 3.67. The summed E-state index contributed by atoms with van der Waals surface area (Å²) in [5, 5.41) is 4.25. The average molecular weight is 233 g/mol. The van der Waals surface area contributed by atoms with Gasteiger partial charge in [0.2, 0.25) is 5.88 Å². The van der Waals surface area contributed by atoms with E-state index in [4.69, 9.17) is 10.5 Å². The van der Waals surface area contributed by atoms with Gasteiger partial charge in [-0.05, 0) is 19.4 Å². The van der Waals surface area contributed by atoms with E-state index in [1.54, 1.807) is 10.9 Å². The molecular formula is C11H15N5O. The minimum absolute atomic E-state index is 0.407. The van der Waals surface area contributed by atoms with E-state index in [2.05, 4.69) is 15.1 Å². The van der Waals surface area contributed by atoms with Crippen molar-refractivity contribution in [2.24, 2.45) is 0 Å². The van der Waals surface area contributed by atoms with E-state index in [0.29, 0.717) is 24.0 Å². The van der Waals surface area contributed by atoms with Crippen LogP contribution in [0.15, 0.2) is 18.6 Å². The molecule has 0 aliphatic rings. The first-order valence-corrected chi connectivity index (χ1v) is 5.48.